The summed E-state index contributed by atoms with van der Waals surface area (Å²) in [6.07, 6.45) is 2.13. The van der Waals surface area contributed by atoms with Crippen molar-refractivity contribution in [1.82, 2.24) is 14.3 Å². The van der Waals surface area contributed by atoms with Gasteiger partial charge in [0.2, 0.25) is 10.0 Å². The molecule has 1 fully saturated rings. The Morgan fingerprint density at radius 1 is 1.03 bits per heavy atom. The number of aromatic nitrogens is 2. The summed E-state index contributed by atoms with van der Waals surface area (Å²) in [6.45, 7) is -0.314. The van der Waals surface area contributed by atoms with E-state index in [0.29, 0.717) is 12.8 Å². The van der Waals surface area contributed by atoms with E-state index < -0.39 is 44.2 Å². The molecule has 1 aliphatic rings. The van der Waals surface area contributed by atoms with Gasteiger partial charge in [-0.3, -0.25) is 9.59 Å². The second kappa shape index (κ2) is 8.42. The van der Waals surface area contributed by atoms with Crippen LogP contribution in [0.5, 0.6) is 0 Å². The van der Waals surface area contributed by atoms with E-state index in [-0.39, 0.29) is 39.8 Å². The summed E-state index contributed by atoms with van der Waals surface area (Å²) in [5, 5.41) is -0.736. The number of carbonyl (C=O) groups is 1. The van der Waals surface area contributed by atoms with Gasteiger partial charge in [0, 0.05) is 34.3 Å². The number of hydrogen-bond acceptors (Lipinski definition) is 4. The molecule has 1 aliphatic carbocycles. The molecular formula is C24H18F3N3O4S. The topological polar surface area (TPSA) is 101 Å². The first kappa shape index (κ1) is 22.9. The van der Waals surface area contributed by atoms with E-state index in [2.05, 4.69) is 4.98 Å². The summed E-state index contributed by atoms with van der Waals surface area (Å²) in [7, 11) is -4.02. The predicted octanol–water partition coefficient (Wildman–Crippen LogP) is 3.68. The molecule has 2 aromatic heterocycles. The standard InChI is InChI=1S/C24H18F3N3O4S/c25-17-6-2-1-4-13(17)12-30-20-11-19(27)18(26)10-16(20)21(15-5-3-9-28-23(15)31)22(30)24(32)29-35(33,34)14-7-8-14/h1-6,9-11,14H,7-8,12H2,(H,28,31)(H,29,32). The van der Waals surface area contributed by atoms with Gasteiger partial charge in [-0.05, 0) is 37.1 Å². The molecule has 0 radical (unpaired) electrons. The normalized spacial score (nSPS) is 13.8. The summed E-state index contributed by atoms with van der Waals surface area (Å²) in [5.74, 6) is -4.17. The van der Waals surface area contributed by atoms with Crippen LogP contribution >= 0.6 is 0 Å². The molecule has 180 valence electrons. The molecule has 0 saturated heterocycles. The van der Waals surface area contributed by atoms with Crippen LogP contribution in [0.2, 0.25) is 0 Å². The number of sulfonamides is 1. The fourth-order valence-corrected chi connectivity index (χ4v) is 5.35. The van der Waals surface area contributed by atoms with Crippen LogP contribution in [0.15, 0.2) is 59.5 Å². The van der Waals surface area contributed by atoms with Gasteiger partial charge >= 0.3 is 0 Å². The summed E-state index contributed by atoms with van der Waals surface area (Å²) in [6, 6.07) is 10.2. The minimum absolute atomic E-state index is 0.00842. The van der Waals surface area contributed by atoms with Crippen LogP contribution in [-0.2, 0) is 16.6 Å². The molecule has 11 heteroatoms. The number of nitrogens with one attached hydrogen (secondary N) is 2. The van der Waals surface area contributed by atoms with Crippen LogP contribution in [-0.4, -0.2) is 29.1 Å². The number of rotatable bonds is 6. The van der Waals surface area contributed by atoms with E-state index in [9.17, 15) is 31.2 Å². The van der Waals surface area contributed by atoms with Crippen LogP contribution < -0.4 is 10.3 Å². The molecule has 0 aliphatic heterocycles. The quantitative estimate of drug-likeness (QED) is 0.421. The van der Waals surface area contributed by atoms with Crippen molar-refractivity contribution >= 4 is 26.8 Å². The van der Waals surface area contributed by atoms with E-state index >= 15 is 0 Å². The zero-order valence-corrected chi connectivity index (χ0v) is 18.8. The average molecular weight is 501 g/mol. The molecule has 35 heavy (non-hydrogen) atoms. The highest BCUT2D eigenvalue weighted by atomic mass is 32.2. The molecular weight excluding hydrogens is 483 g/mol. The fourth-order valence-electron chi connectivity index (χ4n) is 4.07. The lowest BCUT2D eigenvalue weighted by molar-refractivity contribution is 0.0973. The Morgan fingerprint density at radius 2 is 1.74 bits per heavy atom. The molecule has 7 nitrogen and oxygen atoms in total. The summed E-state index contributed by atoms with van der Waals surface area (Å²) in [4.78, 5) is 28.6. The van der Waals surface area contributed by atoms with Gasteiger partial charge in [-0.2, -0.15) is 0 Å². The molecule has 5 rings (SSSR count). The maximum absolute atomic E-state index is 14.5. The molecule has 0 spiro atoms. The number of benzene rings is 2. The van der Waals surface area contributed by atoms with Crippen molar-refractivity contribution in [2.75, 3.05) is 0 Å². The van der Waals surface area contributed by atoms with E-state index in [0.717, 1.165) is 12.1 Å². The maximum atomic E-state index is 14.5. The first-order valence-electron chi connectivity index (χ1n) is 10.7. The Morgan fingerprint density at radius 3 is 2.43 bits per heavy atom. The number of amides is 1. The van der Waals surface area contributed by atoms with Crippen molar-refractivity contribution in [1.29, 1.82) is 0 Å². The van der Waals surface area contributed by atoms with Gasteiger partial charge in [0.05, 0.1) is 17.3 Å². The SMILES string of the molecule is O=C(NS(=O)(=O)C1CC1)c1c(-c2ccc[nH]c2=O)c2cc(F)c(F)cc2n1Cc1ccccc1F. The third-order valence-corrected chi connectivity index (χ3v) is 7.71. The third-order valence-electron chi connectivity index (χ3n) is 5.89. The summed E-state index contributed by atoms with van der Waals surface area (Å²) >= 11 is 0. The smallest absolute Gasteiger partial charge is 0.282 e. The van der Waals surface area contributed by atoms with Gasteiger partial charge < -0.3 is 9.55 Å². The van der Waals surface area contributed by atoms with Crippen molar-refractivity contribution in [2.24, 2.45) is 0 Å². The Labute approximate surface area is 197 Å². The average Bonchev–Trinajstić information content (AvgIpc) is 3.62. The van der Waals surface area contributed by atoms with Gasteiger partial charge in [-0.1, -0.05) is 18.2 Å². The predicted molar refractivity (Wildman–Crippen MR) is 123 cm³/mol. The summed E-state index contributed by atoms with van der Waals surface area (Å²) in [5.41, 5.74) is -1.04. The lowest BCUT2D eigenvalue weighted by atomic mass is 10.0. The van der Waals surface area contributed by atoms with Crippen LogP contribution in [0.4, 0.5) is 13.2 Å². The lowest BCUT2D eigenvalue weighted by Gasteiger charge is -2.13. The first-order chi connectivity index (χ1) is 16.7. The van der Waals surface area contributed by atoms with E-state index in [1.54, 1.807) is 6.07 Å². The zero-order chi connectivity index (χ0) is 24.9. The second-order valence-electron chi connectivity index (χ2n) is 8.27. The number of H-pyrrole nitrogens is 1. The number of aromatic amines is 1. The van der Waals surface area contributed by atoms with Gasteiger partial charge in [0.15, 0.2) is 11.6 Å². The minimum atomic E-state index is -4.02. The molecule has 4 aromatic rings. The van der Waals surface area contributed by atoms with Crippen molar-refractivity contribution in [3.63, 3.8) is 0 Å². The Bertz CT molecular complexity index is 1660. The van der Waals surface area contributed by atoms with Gasteiger partial charge in [0.25, 0.3) is 11.5 Å². The lowest BCUT2D eigenvalue weighted by Crippen LogP contribution is -2.35. The highest BCUT2D eigenvalue weighted by molar-refractivity contribution is 7.91. The fraction of sp³-hybridized carbons (Fsp3) is 0.167. The molecule has 0 bridgehead atoms. The first-order valence-corrected chi connectivity index (χ1v) is 12.2. The zero-order valence-electron chi connectivity index (χ0n) is 18.0. The highest BCUT2D eigenvalue weighted by Gasteiger charge is 2.38. The number of fused-ring (bicyclic) bond motifs is 1. The van der Waals surface area contributed by atoms with Crippen LogP contribution in [0.1, 0.15) is 28.9 Å². The third kappa shape index (κ3) is 4.12. The van der Waals surface area contributed by atoms with Gasteiger partial charge in [-0.15, -0.1) is 0 Å². The molecule has 2 N–H and O–H groups in total. The van der Waals surface area contributed by atoms with Crippen LogP contribution in [0.3, 0.4) is 0 Å². The molecule has 1 amide bonds. The monoisotopic (exact) mass is 501 g/mol. The van der Waals surface area contributed by atoms with E-state index in [1.807, 2.05) is 4.72 Å². The number of hydrogen-bond donors (Lipinski definition) is 2. The second-order valence-corrected chi connectivity index (χ2v) is 10.2. The van der Waals surface area contributed by atoms with Crippen molar-refractivity contribution < 1.29 is 26.4 Å². The number of pyridine rings is 1. The number of halogens is 3. The van der Waals surface area contributed by atoms with Crippen molar-refractivity contribution in [2.45, 2.75) is 24.6 Å². The van der Waals surface area contributed by atoms with Gasteiger partial charge in [-0.25, -0.2) is 26.3 Å². The molecule has 2 aromatic carbocycles. The number of carbonyl (C=O) groups excluding carboxylic acids is 1. The highest BCUT2D eigenvalue weighted by Crippen LogP contribution is 2.36. The Balaban J connectivity index is 1.83. The molecule has 1 saturated carbocycles. The largest absolute Gasteiger partial charge is 0.331 e. The van der Waals surface area contributed by atoms with E-state index in [1.165, 1.54) is 41.1 Å². The van der Waals surface area contributed by atoms with Crippen LogP contribution in [0.25, 0.3) is 22.0 Å². The molecule has 0 atom stereocenters. The molecule has 2 heterocycles. The van der Waals surface area contributed by atoms with Crippen molar-refractivity contribution in [3.05, 3.63) is 93.8 Å². The maximum Gasteiger partial charge on any atom is 0.282 e. The Hall–Kier alpha value is -3.86. The summed E-state index contributed by atoms with van der Waals surface area (Å²) < 4.78 is 71.5. The minimum Gasteiger partial charge on any atom is -0.331 e. The van der Waals surface area contributed by atoms with E-state index in [4.69, 9.17) is 0 Å². The van der Waals surface area contributed by atoms with Crippen molar-refractivity contribution in [3.8, 4) is 11.1 Å². The molecule has 0 unspecified atom stereocenters. The van der Waals surface area contributed by atoms with Crippen LogP contribution in [0, 0.1) is 17.5 Å². The Kier molecular flexibility index (Phi) is 5.51. The number of nitrogens with zero attached hydrogens (tertiary/aromatic N) is 1. The van der Waals surface area contributed by atoms with Gasteiger partial charge in [0.1, 0.15) is 11.5 Å².